The van der Waals surface area contributed by atoms with Crippen LogP contribution in [0.25, 0.3) is 16.7 Å². The summed E-state index contributed by atoms with van der Waals surface area (Å²) in [5, 5.41) is 3.25. The zero-order chi connectivity index (χ0) is 21.3. The number of aromatic nitrogens is 4. The maximum atomic E-state index is 13.1. The third kappa shape index (κ3) is 3.64. The van der Waals surface area contributed by atoms with Gasteiger partial charge >= 0.3 is 5.69 Å². The van der Waals surface area contributed by atoms with E-state index in [1.165, 1.54) is 25.4 Å². The van der Waals surface area contributed by atoms with Crippen LogP contribution in [-0.4, -0.2) is 26.6 Å². The van der Waals surface area contributed by atoms with Gasteiger partial charge in [-0.2, -0.15) is 4.98 Å². The minimum Gasteiger partial charge on any atom is -0.497 e. The van der Waals surface area contributed by atoms with Crippen molar-refractivity contribution in [2.45, 2.75) is 13.0 Å². The number of benzene rings is 2. The first-order valence-electron chi connectivity index (χ1n) is 9.15. The highest BCUT2D eigenvalue weighted by molar-refractivity contribution is 5.73. The molecule has 1 unspecified atom stereocenters. The van der Waals surface area contributed by atoms with Crippen LogP contribution in [0.15, 0.2) is 64.3 Å². The van der Waals surface area contributed by atoms with Gasteiger partial charge in [0.1, 0.15) is 17.0 Å². The Morgan fingerprint density at radius 3 is 2.47 bits per heavy atom. The molecule has 8 nitrogen and oxygen atoms in total. The maximum absolute atomic E-state index is 13.1. The fourth-order valence-electron chi connectivity index (χ4n) is 3.07. The van der Waals surface area contributed by atoms with Crippen molar-refractivity contribution < 1.29 is 9.13 Å². The molecule has 30 heavy (non-hydrogen) atoms. The van der Waals surface area contributed by atoms with Crippen LogP contribution >= 0.6 is 0 Å². The van der Waals surface area contributed by atoms with E-state index >= 15 is 0 Å². The van der Waals surface area contributed by atoms with Gasteiger partial charge in [-0.15, -0.1) is 0 Å². The van der Waals surface area contributed by atoms with Crippen LogP contribution in [0.2, 0.25) is 0 Å². The van der Waals surface area contributed by atoms with Gasteiger partial charge in [-0.3, -0.25) is 9.78 Å². The lowest BCUT2D eigenvalue weighted by Crippen LogP contribution is -2.34. The van der Waals surface area contributed by atoms with Crippen LogP contribution in [0.4, 0.5) is 10.3 Å². The Morgan fingerprint density at radius 1 is 1.10 bits per heavy atom. The summed E-state index contributed by atoms with van der Waals surface area (Å²) in [6, 6.07) is 12.4. The molecule has 0 saturated carbocycles. The highest BCUT2D eigenvalue weighted by Gasteiger charge is 2.13. The van der Waals surface area contributed by atoms with Crippen molar-refractivity contribution in [1.29, 1.82) is 0 Å². The molecule has 4 rings (SSSR count). The Bertz CT molecular complexity index is 1310. The van der Waals surface area contributed by atoms with Crippen molar-refractivity contribution in [2.75, 3.05) is 12.4 Å². The standard InChI is InChI=1S/C21H18FN5O3/c1-12(13-3-5-14(22)6-4-13)24-20-23-11-17-18(25-20)26-21(29)27(19(17)28)15-7-9-16(30-2)10-8-15/h3-12H,1-2H3,(H2,23,24,25,26,29). The lowest BCUT2D eigenvalue weighted by molar-refractivity contribution is 0.414. The molecule has 152 valence electrons. The second-order valence-corrected chi connectivity index (χ2v) is 6.64. The van der Waals surface area contributed by atoms with E-state index in [2.05, 4.69) is 20.3 Å². The van der Waals surface area contributed by atoms with Crippen LogP contribution in [0.5, 0.6) is 5.75 Å². The van der Waals surface area contributed by atoms with Gasteiger partial charge in [-0.05, 0) is 48.9 Å². The molecule has 2 aromatic carbocycles. The number of ether oxygens (including phenoxy) is 1. The summed E-state index contributed by atoms with van der Waals surface area (Å²) < 4.78 is 19.2. The quantitative estimate of drug-likeness (QED) is 0.528. The number of nitrogens with zero attached hydrogens (tertiary/aromatic N) is 3. The van der Waals surface area contributed by atoms with Gasteiger partial charge in [-0.25, -0.2) is 18.7 Å². The second kappa shape index (κ2) is 7.78. The van der Waals surface area contributed by atoms with Crippen molar-refractivity contribution in [3.63, 3.8) is 0 Å². The van der Waals surface area contributed by atoms with Gasteiger partial charge in [0.2, 0.25) is 5.95 Å². The number of halogens is 1. The summed E-state index contributed by atoms with van der Waals surface area (Å²) in [5.74, 6) is 0.522. The van der Waals surface area contributed by atoms with Crippen molar-refractivity contribution in [2.24, 2.45) is 0 Å². The molecule has 0 aliphatic carbocycles. The summed E-state index contributed by atoms with van der Waals surface area (Å²) in [7, 11) is 1.53. The molecule has 0 amide bonds. The third-order valence-corrected chi connectivity index (χ3v) is 4.70. The van der Waals surface area contributed by atoms with E-state index in [-0.39, 0.29) is 28.8 Å². The highest BCUT2D eigenvalue weighted by Crippen LogP contribution is 2.18. The smallest absolute Gasteiger partial charge is 0.334 e. The monoisotopic (exact) mass is 407 g/mol. The predicted octanol–water partition coefficient (Wildman–Crippen LogP) is 2.79. The average Bonchev–Trinajstić information content (AvgIpc) is 2.74. The van der Waals surface area contributed by atoms with Gasteiger partial charge in [0.05, 0.1) is 18.8 Å². The lowest BCUT2D eigenvalue weighted by atomic mass is 10.1. The number of rotatable bonds is 5. The number of fused-ring (bicyclic) bond motifs is 1. The molecule has 0 saturated heterocycles. The molecule has 1 atom stereocenters. The van der Waals surface area contributed by atoms with E-state index in [1.807, 2.05) is 6.92 Å². The first kappa shape index (κ1) is 19.3. The molecule has 0 spiro atoms. The zero-order valence-corrected chi connectivity index (χ0v) is 16.2. The molecule has 9 heteroatoms. The van der Waals surface area contributed by atoms with E-state index in [9.17, 15) is 14.0 Å². The van der Waals surface area contributed by atoms with Crippen LogP contribution < -0.4 is 21.3 Å². The summed E-state index contributed by atoms with van der Waals surface area (Å²) in [6.07, 6.45) is 1.36. The number of H-pyrrole nitrogens is 1. The highest BCUT2D eigenvalue weighted by atomic mass is 19.1. The molecular formula is C21H18FN5O3. The number of nitrogens with one attached hydrogen (secondary N) is 2. The van der Waals surface area contributed by atoms with Gasteiger partial charge in [0.15, 0.2) is 5.65 Å². The number of hydrogen-bond acceptors (Lipinski definition) is 6. The van der Waals surface area contributed by atoms with Gasteiger partial charge in [0.25, 0.3) is 5.56 Å². The Kier molecular flexibility index (Phi) is 5.01. The van der Waals surface area contributed by atoms with Gasteiger partial charge in [0, 0.05) is 6.20 Å². The topological polar surface area (TPSA) is 102 Å². The molecule has 0 aliphatic heterocycles. The van der Waals surface area contributed by atoms with E-state index in [0.717, 1.165) is 10.1 Å². The molecule has 0 fully saturated rings. The summed E-state index contributed by atoms with van der Waals surface area (Å²) in [6.45, 7) is 1.87. The summed E-state index contributed by atoms with van der Waals surface area (Å²) in [4.78, 5) is 36.5. The van der Waals surface area contributed by atoms with E-state index < -0.39 is 11.2 Å². The third-order valence-electron chi connectivity index (χ3n) is 4.70. The molecule has 2 heterocycles. The minimum atomic E-state index is -0.617. The zero-order valence-electron chi connectivity index (χ0n) is 16.2. The largest absolute Gasteiger partial charge is 0.497 e. The number of aromatic amines is 1. The average molecular weight is 407 g/mol. The van der Waals surface area contributed by atoms with E-state index in [4.69, 9.17) is 4.74 Å². The Hall–Kier alpha value is -4.01. The Labute approximate surface area is 170 Å². The molecular weight excluding hydrogens is 389 g/mol. The number of hydrogen-bond donors (Lipinski definition) is 2. The first-order chi connectivity index (χ1) is 14.5. The van der Waals surface area contributed by atoms with Crippen LogP contribution in [-0.2, 0) is 0 Å². The van der Waals surface area contributed by atoms with Crippen LogP contribution in [0, 0.1) is 5.82 Å². The first-order valence-corrected chi connectivity index (χ1v) is 9.15. The van der Waals surface area contributed by atoms with Crippen molar-refractivity contribution in [1.82, 2.24) is 19.5 Å². The number of methoxy groups -OCH3 is 1. The predicted molar refractivity (Wildman–Crippen MR) is 111 cm³/mol. The van der Waals surface area contributed by atoms with Gasteiger partial charge in [-0.1, -0.05) is 12.1 Å². The molecule has 0 aliphatic rings. The van der Waals surface area contributed by atoms with Crippen LogP contribution in [0.1, 0.15) is 18.5 Å². The fourth-order valence-corrected chi connectivity index (χ4v) is 3.07. The number of anilines is 1. The Morgan fingerprint density at radius 2 is 1.80 bits per heavy atom. The van der Waals surface area contributed by atoms with Crippen molar-refractivity contribution >= 4 is 17.0 Å². The van der Waals surface area contributed by atoms with E-state index in [0.29, 0.717) is 11.4 Å². The SMILES string of the molecule is COc1ccc(-n2c(=O)[nH]c3nc(NC(C)c4ccc(F)cc4)ncc3c2=O)cc1. The molecule has 4 aromatic rings. The molecule has 2 N–H and O–H groups in total. The summed E-state index contributed by atoms with van der Waals surface area (Å²) in [5.41, 5.74) is 0.212. The maximum Gasteiger partial charge on any atom is 0.334 e. The van der Waals surface area contributed by atoms with Gasteiger partial charge < -0.3 is 10.1 Å². The molecule has 2 aromatic heterocycles. The lowest BCUT2D eigenvalue weighted by Gasteiger charge is -2.14. The molecule has 0 radical (unpaired) electrons. The molecule has 0 bridgehead atoms. The second-order valence-electron chi connectivity index (χ2n) is 6.64. The fraction of sp³-hybridized carbons (Fsp3) is 0.143. The normalized spacial score (nSPS) is 12.0. The summed E-state index contributed by atoms with van der Waals surface area (Å²) >= 11 is 0. The van der Waals surface area contributed by atoms with Crippen molar-refractivity contribution in [3.8, 4) is 11.4 Å². The van der Waals surface area contributed by atoms with Crippen molar-refractivity contribution in [3.05, 3.63) is 86.9 Å². The minimum absolute atomic E-state index is 0.124. The van der Waals surface area contributed by atoms with E-state index in [1.54, 1.807) is 36.4 Å². The Balaban J connectivity index is 1.69. The van der Waals surface area contributed by atoms with Crippen LogP contribution in [0.3, 0.4) is 0 Å².